The standard InChI is InChI=1S/C26H38FN3O6/c1-16(29(8)24(34)36-26(5,6)7)22(32)28-21(25(2,3)4)23(33)30-14-20(13-18(30)15-31)35-19-11-9-17(27)10-12-19/h9-12,15-16,18,20-21H,13-14H2,1-8H3,(H,28,32). The minimum absolute atomic E-state index is 0.134. The van der Waals surface area contributed by atoms with Gasteiger partial charge in [-0.3, -0.25) is 14.5 Å². The molecule has 1 aliphatic heterocycles. The third-order valence-corrected chi connectivity index (χ3v) is 5.90. The lowest BCUT2D eigenvalue weighted by atomic mass is 9.85. The summed E-state index contributed by atoms with van der Waals surface area (Å²) in [5.41, 5.74) is -1.42. The fourth-order valence-electron chi connectivity index (χ4n) is 3.74. The van der Waals surface area contributed by atoms with Gasteiger partial charge in [0.05, 0.1) is 12.6 Å². The number of hydrogen-bond donors (Lipinski definition) is 1. The van der Waals surface area contributed by atoms with Gasteiger partial charge in [0, 0.05) is 13.5 Å². The molecule has 0 radical (unpaired) electrons. The van der Waals surface area contributed by atoms with Crippen LogP contribution in [-0.4, -0.2) is 77.4 Å². The van der Waals surface area contributed by atoms with Gasteiger partial charge in [-0.1, -0.05) is 20.8 Å². The van der Waals surface area contributed by atoms with Gasteiger partial charge in [0.2, 0.25) is 11.8 Å². The highest BCUT2D eigenvalue weighted by atomic mass is 19.1. The average Bonchev–Trinajstić information content (AvgIpc) is 3.18. The first-order chi connectivity index (χ1) is 16.5. The van der Waals surface area contributed by atoms with Gasteiger partial charge in [-0.25, -0.2) is 9.18 Å². The van der Waals surface area contributed by atoms with Crippen LogP contribution in [0.15, 0.2) is 24.3 Å². The number of nitrogens with one attached hydrogen (secondary N) is 1. The van der Waals surface area contributed by atoms with Crippen molar-refractivity contribution >= 4 is 24.2 Å². The molecule has 2 rings (SSSR count). The zero-order valence-electron chi connectivity index (χ0n) is 22.3. The molecule has 1 saturated heterocycles. The van der Waals surface area contributed by atoms with E-state index >= 15 is 0 Å². The van der Waals surface area contributed by atoms with Gasteiger partial charge in [-0.2, -0.15) is 0 Å². The second kappa shape index (κ2) is 11.3. The van der Waals surface area contributed by atoms with Gasteiger partial charge >= 0.3 is 6.09 Å². The molecule has 10 heteroatoms. The molecule has 1 aromatic carbocycles. The summed E-state index contributed by atoms with van der Waals surface area (Å²) in [4.78, 5) is 53.4. The van der Waals surface area contributed by atoms with Crippen LogP contribution in [0, 0.1) is 11.2 Å². The van der Waals surface area contributed by atoms with Gasteiger partial charge in [0.1, 0.15) is 41.6 Å². The monoisotopic (exact) mass is 507 g/mol. The summed E-state index contributed by atoms with van der Waals surface area (Å²) >= 11 is 0. The van der Waals surface area contributed by atoms with Gasteiger partial charge in [-0.15, -0.1) is 0 Å². The Morgan fingerprint density at radius 3 is 2.22 bits per heavy atom. The molecule has 0 bridgehead atoms. The lowest BCUT2D eigenvalue weighted by molar-refractivity contribution is -0.142. The van der Waals surface area contributed by atoms with Gasteiger partial charge in [-0.05, 0) is 57.4 Å². The zero-order chi connectivity index (χ0) is 27.4. The maximum Gasteiger partial charge on any atom is 0.410 e. The van der Waals surface area contributed by atoms with Crippen molar-refractivity contribution in [1.82, 2.24) is 15.1 Å². The molecule has 0 aromatic heterocycles. The van der Waals surface area contributed by atoms with Gasteiger partial charge < -0.3 is 24.5 Å². The average molecular weight is 508 g/mol. The molecule has 0 saturated carbocycles. The van der Waals surface area contributed by atoms with E-state index in [0.29, 0.717) is 12.0 Å². The number of benzene rings is 1. The van der Waals surface area contributed by atoms with E-state index in [1.165, 1.54) is 41.1 Å². The van der Waals surface area contributed by atoms with Crippen LogP contribution in [0.1, 0.15) is 54.9 Å². The van der Waals surface area contributed by atoms with E-state index in [1.807, 2.05) is 0 Å². The number of amides is 3. The number of ether oxygens (including phenoxy) is 2. The number of halogens is 1. The largest absolute Gasteiger partial charge is 0.488 e. The molecule has 0 aliphatic carbocycles. The van der Waals surface area contributed by atoms with Crippen molar-refractivity contribution in [2.24, 2.45) is 5.41 Å². The van der Waals surface area contributed by atoms with E-state index in [4.69, 9.17) is 9.47 Å². The predicted molar refractivity (Wildman–Crippen MR) is 132 cm³/mol. The second-order valence-electron chi connectivity index (χ2n) is 11.2. The number of likely N-dealkylation sites (N-methyl/N-ethyl adjacent to an activating group) is 1. The molecule has 0 spiro atoms. The number of carbonyl (C=O) groups is 4. The second-order valence-corrected chi connectivity index (χ2v) is 11.2. The molecule has 1 N–H and O–H groups in total. The summed E-state index contributed by atoms with van der Waals surface area (Å²) in [6, 6.07) is 2.90. The lowest BCUT2D eigenvalue weighted by Crippen LogP contribution is -2.59. The smallest absolute Gasteiger partial charge is 0.410 e. The van der Waals surface area contributed by atoms with Crippen LogP contribution in [0.25, 0.3) is 0 Å². The third kappa shape index (κ3) is 7.66. The Balaban J connectivity index is 2.15. The first-order valence-corrected chi connectivity index (χ1v) is 12.0. The highest BCUT2D eigenvalue weighted by Gasteiger charge is 2.43. The molecule has 200 valence electrons. The van der Waals surface area contributed by atoms with E-state index in [9.17, 15) is 23.6 Å². The molecular weight excluding hydrogens is 469 g/mol. The van der Waals surface area contributed by atoms with Crippen molar-refractivity contribution in [2.75, 3.05) is 13.6 Å². The van der Waals surface area contributed by atoms with Gasteiger partial charge in [0.25, 0.3) is 0 Å². The molecule has 1 heterocycles. The first-order valence-electron chi connectivity index (χ1n) is 12.0. The van der Waals surface area contributed by atoms with E-state index in [-0.39, 0.29) is 13.0 Å². The SMILES string of the molecule is CC(C(=O)NC(C(=O)N1CC(Oc2ccc(F)cc2)CC1C=O)C(C)(C)C)N(C)C(=O)OC(C)(C)C. The number of carbonyl (C=O) groups excluding carboxylic acids is 4. The number of nitrogens with zero attached hydrogens (tertiary/aromatic N) is 2. The Hall–Kier alpha value is -3.17. The molecule has 1 aromatic rings. The summed E-state index contributed by atoms with van der Waals surface area (Å²) in [6.45, 7) is 12.3. The normalized spacial score (nSPS) is 19.8. The van der Waals surface area contributed by atoms with E-state index in [0.717, 1.165) is 0 Å². The first kappa shape index (κ1) is 29.1. The van der Waals surface area contributed by atoms with Crippen LogP contribution in [0.3, 0.4) is 0 Å². The molecule has 4 unspecified atom stereocenters. The summed E-state index contributed by atoms with van der Waals surface area (Å²) in [7, 11) is 1.45. The van der Waals surface area contributed by atoms with Crippen LogP contribution >= 0.6 is 0 Å². The van der Waals surface area contributed by atoms with E-state index in [1.54, 1.807) is 48.5 Å². The number of likely N-dealkylation sites (tertiary alicyclic amines) is 1. The molecule has 4 atom stereocenters. The highest BCUT2D eigenvalue weighted by molar-refractivity contribution is 5.92. The Morgan fingerprint density at radius 1 is 1.14 bits per heavy atom. The maximum atomic E-state index is 13.6. The van der Waals surface area contributed by atoms with Gasteiger partial charge in [0.15, 0.2) is 0 Å². The third-order valence-electron chi connectivity index (χ3n) is 5.90. The molecule has 36 heavy (non-hydrogen) atoms. The van der Waals surface area contributed by atoms with E-state index < -0.39 is 59.0 Å². The zero-order valence-corrected chi connectivity index (χ0v) is 22.3. The van der Waals surface area contributed by atoms with Crippen LogP contribution in [0.4, 0.5) is 9.18 Å². The Morgan fingerprint density at radius 2 is 1.72 bits per heavy atom. The Bertz CT molecular complexity index is 954. The molecule has 1 fully saturated rings. The summed E-state index contributed by atoms with van der Waals surface area (Å²) in [5, 5.41) is 2.77. The minimum Gasteiger partial charge on any atom is -0.488 e. The Labute approximate surface area is 212 Å². The molecule has 9 nitrogen and oxygen atoms in total. The number of rotatable bonds is 7. The maximum absolute atomic E-state index is 13.6. The van der Waals surface area contributed by atoms with Crippen LogP contribution in [0.2, 0.25) is 0 Å². The minimum atomic E-state index is -0.966. The van der Waals surface area contributed by atoms with Crippen molar-refractivity contribution in [1.29, 1.82) is 0 Å². The Kier molecular flexibility index (Phi) is 9.09. The molecule has 3 amide bonds. The molecule has 1 aliphatic rings. The van der Waals surface area contributed by atoms with Crippen molar-refractivity contribution in [3.8, 4) is 5.75 Å². The van der Waals surface area contributed by atoms with Crippen LogP contribution in [-0.2, 0) is 19.1 Å². The fourth-order valence-corrected chi connectivity index (χ4v) is 3.74. The van der Waals surface area contributed by atoms with Crippen LogP contribution in [0.5, 0.6) is 5.75 Å². The molecular formula is C26H38FN3O6. The number of aldehydes is 1. The summed E-state index contributed by atoms with van der Waals surface area (Å²) in [6.07, 6.45) is -0.171. The van der Waals surface area contributed by atoms with Crippen molar-refractivity contribution in [3.63, 3.8) is 0 Å². The quantitative estimate of drug-likeness (QED) is 0.569. The topological polar surface area (TPSA) is 105 Å². The van der Waals surface area contributed by atoms with Crippen molar-refractivity contribution in [3.05, 3.63) is 30.1 Å². The van der Waals surface area contributed by atoms with Crippen molar-refractivity contribution < 1.29 is 33.0 Å². The fraction of sp³-hybridized carbons (Fsp3) is 0.615. The predicted octanol–water partition coefficient (Wildman–Crippen LogP) is 3.16. The van der Waals surface area contributed by atoms with E-state index in [2.05, 4.69) is 5.32 Å². The van der Waals surface area contributed by atoms with Crippen LogP contribution < -0.4 is 10.1 Å². The lowest BCUT2D eigenvalue weighted by Gasteiger charge is -2.36. The summed E-state index contributed by atoms with van der Waals surface area (Å²) in [5.74, 6) is -0.922. The number of hydrogen-bond acceptors (Lipinski definition) is 6. The van der Waals surface area contributed by atoms with Crippen molar-refractivity contribution in [2.45, 2.75) is 84.7 Å². The summed E-state index contributed by atoms with van der Waals surface area (Å²) < 4.78 is 24.4. The highest BCUT2D eigenvalue weighted by Crippen LogP contribution is 2.27.